The van der Waals surface area contributed by atoms with Crippen LogP contribution in [0.25, 0.3) is 0 Å². The average molecular weight is 272 g/mol. The molecule has 5 heteroatoms. The lowest BCUT2D eigenvalue weighted by molar-refractivity contribution is -0.138. The van der Waals surface area contributed by atoms with Crippen LogP contribution in [0.4, 0.5) is 4.79 Å². The molecule has 0 atom stereocenters. The summed E-state index contributed by atoms with van der Waals surface area (Å²) in [5.74, 6) is -0.251. The number of carboxylic acids is 1. The zero-order valence-electron chi connectivity index (χ0n) is 13.0. The highest BCUT2D eigenvalue weighted by atomic mass is 16.4. The van der Waals surface area contributed by atoms with Gasteiger partial charge in [0.1, 0.15) is 6.54 Å². The van der Waals surface area contributed by atoms with Crippen LogP contribution in [-0.4, -0.2) is 52.6 Å². The number of hydrogen-bond donors (Lipinski definition) is 1. The summed E-state index contributed by atoms with van der Waals surface area (Å²) in [6.45, 7) is 12.9. The maximum absolute atomic E-state index is 12.5. The molecule has 2 amide bonds. The molecule has 0 aliphatic heterocycles. The Morgan fingerprint density at radius 3 is 1.63 bits per heavy atom. The van der Waals surface area contributed by atoms with Crippen molar-refractivity contribution in [1.82, 2.24) is 9.80 Å². The number of carbonyl (C=O) groups excluding carboxylic acids is 1. The molecule has 112 valence electrons. The van der Waals surface area contributed by atoms with Crippen LogP contribution in [0.5, 0.6) is 0 Å². The van der Waals surface area contributed by atoms with Gasteiger partial charge in [0.25, 0.3) is 0 Å². The first-order valence-corrected chi connectivity index (χ1v) is 6.92. The van der Waals surface area contributed by atoms with E-state index in [4.69, 9.17) is 5.11 Å². The maximum atomic E-state index is 12.5. The van der Waals surface area contributed by atoms with Crippen LogP contribution in [0.1, 0.15) is 41.5 Å². The predicted molar refractivity (Wildman–Crippen MR) is 76.1 cm³/mol. The number of rotatable bonds is 7. The van der Waals surface area contributed by atoms with Gasteiger partial charge in [0.05, 0.1) is 0 Å². The number of amides is 2. The number of aliphatic carboxylic acids is 1. The number of carboxylic acid groups (broad SMARTS) is 1. The van der Waals surface area contributed by atoms with Gasteiger partial charge in [0.2, 0.25) is 0 Å². The van der Waals surface area contributed by atoms with Gasteiger partial charge in [-0.1, -0.05) is 27.7 Å². The van der Waals surface area contributed by atoms with E-state index in [1.165, 1.54) is 4.90 Å². The number of nitrogens with zero attached hydrogens (tertiary/aromatic N) is 2. The summed E-state index contributed by atoms with van der Waals surface area (Å²) >= 11 is 0. The van der Waals surface area contributed by atoms with Crippen LogP contribution < -0.4 is 0 Å². The van der Waals surface area contributed by atoms with E-state index in [2.05, 4.69) is 27.7 Å². The normalized spacial score (nSPS) is 11.2. The molecular weight excluding hydrogens is 244 g/mol. The van der Waals surface area contributed by atoms with E-state index in [0.29, 0.717) is 24.9 Å². The average Bonchev–Trinajstić information content (AvgIpc) is 2.22. The lowest BCUT2D eigenvalue weighted by Crippen LogP contribution is -2.50. The summed E-state index contributed by atoms with van der Waals surface area (Å²) in [6.07, 6.45) is 0. The van der Waals surface area contributed by atoms with Crippen molar-refractivity contribution in [3.05, 3.63) is 0 Å². The van der Waals surface area contributed by atoms with E-state index in [1.54, 1.807) is 4.90 Å². The van der Waals surface area contributed by atoms with E-state index < -0.39 is 5.97 Å². The fraction of sp³-hybridized carbons (Fsp3) is 0.857. The van der Waals surface area contributed by atoms with E-state index in [9.17, 15) is 9.59 Å². The zero-order chi connectivity index (χ0) is 15.2. The van der Waals surface area contributed by atoms with Gasteiger partial charge in [-0.15, -0.1) is 0 Å². The van der Waals surface area contributed by atoms with Crippen LogP contribution in [0.15, 0.2) is 0 Å². The summed E-state index contributed by atoms with van der Waals surface area (Å²) in [6, 6.07) is -0.301. The lowest BCUT2D eigenvalue weighted by Gasteiger charge is -2.34. The second kappa shape index (κ2) is 8.02. The quantitative estimate of drug-likeness (QED) is 0.774. The van der Waals surface area contributed by atoms with Crippen LogP contribution in [0.2, 0.25) is 0 Å². The third kappa shape index (κ3) is 7.03. The standard InChI is InChI=1S/C14H28N2O3/c1-10(2)7-15(8-11(3)4)14(19)16(12(5)6)9-13(17)18/h10-12H,7-9H2,1-6H3,(H,17,18). The van der Waals surface area contributed by atoms with Crippen LogP contribution in [0, 0.1) is 11.8 Å². The first kappa shape index (κ1) is 17.7. The Kier molecular flexibility index (Phi) is 7.49. The Morgan fingerprint density at radius 2 is 1.37 bits per heavy atom. The van der Waals surface area contributed by atoms with Crippen molar-refractivity contribution in [1.29, 1.82) is 0 Å². The lowest BCUT2D eigenvalue weighted by atomic mass is 10.1. The maximum Gasteiger partial charge on any atom is 0.323 e. The van der Waals surface area contributed by atoms with E-state index in [0.717, 1.165) is 0 Å². The molecule has 0 heterocycles. The van der Waals surface area contributed by atoms with Gasteiger partial charge in [-0.3, -0.25) is 4.79 Å². The molecule has 0 spiro atoms. The van der Waals surface area contributed by atoms with Gasteiger partial charge in [0, 0.05) is 19.1 Å². The summed E-state index contributed by atoms with van der Waals surface area (Å²) in [5.41, 5.74) is 0. The fourth-order valence-corrected chi connectivity index (χ4v) is 1.91. The molecule has 0 aromatic rings. The molecule has 0 radical (unpaired) electrons. The van der Waals surface area contributed by atoms with Gasteiger partial charge in [-0.05, 0) is 25.7 Å². The summed E-state index contributed by atoms with van der Waals surface area (Å²) < 4.78 is 0. The first-order valence-electron chi connectivity index (χ1n) is 6.92. The third-order valence-electron chi connectivity index (χ3n) is 2.62. The molecule has 0 fully saturated rings. The second-order valence-electron chi connectivity index (χ2n) is 6.09. The minimum atomic E-state index is -0.976. The van der Waals surface area contributed by atoms with E-state index >= 15 is 0 Å². The second-order valence-corrected chi connectivity index (χ2v) is 6.09. The van der Waals surface area contributed by atoms with Gasteiger partial charge in [-0.25, -0.2) is 4.79 Å². The monoisotopic (exact) mass is 272 g/mol. The summed E-state index contributed by atoms with van der Waals surface area (Å²) in [7, 11) is 0. The highest BCUT2D eigenvalue weighted by Gasteiger charge is 2.25. The van der Waals surface area contributed by atoms with Gasteiger partial charge < -0.3 is 14.9 Å². The largest absolute Gasteiger partial charge is 0.480 e. The predicted octanol–water partition coefficient (Wildman–Crippen LogP) is 2.52. The Bertz CT molecular complexity index is 291. The van der Waals surface area contributed by atoms with Crippen molar-refractivity contribution < 1.29 is 14.7 Å². The van der Waals surface area contributed by atoms with Crippen LogP contribution >= 0.6 is 0 Å². The SMILES string of the molecule is CC(C)CN(CC(C)C)C(=O)N(CC(=O)O)C(C)C. The van der Waals surface area contributed by atoms with Crippen LogP contribution in [-0.2, 0) is 4.79 Å². The first-order chi connectivity index (χ1) is 8.65. The van der Waals surface area contributed by atoms with Crippen molar-refractivity contribution in [2.75, 3.05) is 19.6 Å². The molecule has 1 N–H and O–H groups in total. The Labute approximate surface area is 116 Å². The molecule has 0 aliphatic carbocycles. The zero-order valence-corrected chi connectivity index (χ0v) is 13.0. The molecule has 5 nitrogen and oxygen atoms in total. The van der Waals surface area contributed by atoms with Crippen molar-refractivity contribution in [3.63, 3.8) is 0 Å². The Hall–Kier alpha value is -1.26. The van der Waals surface area contributed by atoms with Gasteiger partial charge >= 0.3 is 12.0 Å². The van der Waals surface area contributed by atoms with Gasteiger partial charge in [-0.2, -0.15) is 0 Å². The van der Waals surface area contributed by atoms with Gasteiger partial charge in [0.15, 0.2) is 0 Å². The number of urea groups is 1. The molecule has 0 rings (SSSR count). The molecule has 0 unspecified atom stereocenters. The topological polar surface area (TPSA) is 60.9 Å². The van der Waals surface area contributed by atoms with Crippen molar-refractivity contribution in [2.45, 2.75) is 47.6 Å². The smallest absolute Gasteiger partial charge is 0.323 e. The summed E-state index contributed by atoms with van der Waals surface area (Å²) in [5, 5.41) is 8.91. The molecule has 19 heavy (non-hydrogen) atoms. The Morgan fingerprint density at radius 1 is 0.947 bits per heavy atom. The van der Waals surface area contributed by atoms with Crippen LogP contribution in [0.3, 0.4) is 0 Å². The van der Waals surface area contributed by atoms with Crippen molar-refractivity contribution in [3.8, 4) is 0 Å². The van der Waals surface area contributed by atoms with E-state index in [-0.39, 0.29) is 18.6 Å². The molecule has 0 saturated carbocycles. The fourth-order valence-electron chi connectivity index (χ4n) is 1.91. The molecule has 0 aromatic carbocycles. The Balaban J connectivity index is 4.94. The molecule has 0 saturated heterocycles. The van der Waals surface area contributed by atoms with Crippen molar-refractivity contribution >= 4 is 12.0 Å². The minimum absolute atomic E-state index is 0.120. The minimum Gasteiger partial charge on any atom is -0.480 e. The number of hydrogen-bond acceptors (Lipinski definition) is 2. The highest BCUT2D eigenvalue weighted by Crippen LogP contribution is 2.10. The molecular formula is C14H28N2O3. The summed E-state index contributed by atoms with van der Waals surface area (Å²) in [4.78, 5) is 26.5. The van der Waals surface area contributed by atoms with Crippen molar-refractivity contribution in [2.24, 2.45) is 11.8 Å². The molecule has 0 aliphatic rings. The molecule has 0 bridgehead atoms. The molecule has 0 aromatic heterocycles. The highest BCUT2D eigenvalue weighted by molar-refractivity contribution is 5.80. The van der Waals surface area contributed by atoms with E-state index in [1.807, 2.05) is 13.8 Å². The number of carbonyl (C=O) groups is 2. The third-order valence-corrected chi connectivity index (χ3v) is 2.62.